The van der Waals surface area contributed by atoms with Crippen molar-refractivity contribution in [2.24, 2.45) is 0 Å². The van der Waals surface area contributed by atoms with E-state index in [4.69, 9.17) is 4.74 Å². The third kappa shape index (κ3) is 6.30. The predicted octanol–water partition coefficient (Wildman–Crippen LogP) is 4.88. The molecule has 0 saturated carbocycles. The first kappa shape index (κ1) is 29.4. The number of benzene rings is 2. The Hall–Kier alpha value is -4.27. The average Bonchev–Trinajstić information content (AvgIpc) is 3.63. The van der Waals surface area contributed by atoms with E-state index in [1.807, 2.05) is 24.3 Å². The minimum atomic E-state index is -4.57. The van der Waals surface area contributed by atoms with Crippen LogP contribution >= 0.6 is 0 Å². The Morgan fingerprint density at radius 1 is 0.933 bits per heavy atom. The molecule has 0 aliphatic carbocycles. The molecule has 3 N–H and O–H groups in total. The van der Waals surface area contributed by atoms with Crippen LogP contribution in [-0.4, -0.2) is 101 Å². The fourth-order valence-corrected chi connectivity index (χ4v) is 6.40. The number of carbonyl (C=O) groups is 1. The lowest BCUT2D eigenvalue weighted by atomic mass is 10.1. The molecule has 236 valence electrons. The highest BCUT2D eigenvalue weighted by molar-refractivity contribution is 6.00. The summed E-state index contributed by atoms with van der Waals surface area (Å²) in [6.45, 7) is 4.30. The number of piperazine rings is 1. The second-order valence-electron chi connectivity index (χ2n) is 11.9. The van der Waals surface area contributed by atoms with Crippen molar-refractivity contribution in [3.05, 3.63) is 60.4 Å². The van der Waals surface area contributed by atoms with Crippen LogP contribution < -0.4 is 15.5 Å². The number of likely N-dealkylation sites (tertiary alicyclic amines) is 1. The highest BCUT2D eigenvalue weighted by Crippen LogP contribution is 2.42. The summed E-state index contributed by atoms with van der Waals surface area (Å²) in [6.07, 6.45) is -2.15. The van der Waals surface area contributed by atoms with Crippen molar-refractivity contribution >= 4 is 34.1 Å². The molecule has 14 heteroatoms. The standard InChI is InChI=1S/C31H34F3N9O2/c1-41-12-14-42(15-13-41)22-8-6-21(7-9-22)37-30(44)36-20-4-2-19(3-5-20)28-38-26(25-16-35-40-29(25)39-28)27(31(32,33)34)43-17-23-10-11-24(18-43)45-23/h2-9,16,23-24,27H,10-15,17-18H2,1H3,(H2,36,37,44)(H,35,38,39,40). The third-order valence-corrected chi connectivity index (χ3v) is 8.74. The first-order valence-corrected chi connectivity index (χ1v) is 15.1. The van der Waals surface area contributed by atoms with Gasteiger partial charge in [0.1, 0.15) is 0 Å². The van der Waals surface area contributed by atoms with Gasteiger partial charge in [0.15, 0.2) is 17.5 Å². The highest BCUT2D eigenvalue weighted by Gasteiger charge is 2.50. The van der Waals surface area contributed by atoms with Crippen LogP contribution in [0.1, 0.15) is 24.6 Å². The fourth-order valence-electron chi connectivity index (χ4n) is 6.40. The van der Waals surface area contributed by atoms with E-state index < -0.39 is 18.2 Å². The van der Waals surface area contributed by atoms with Gasteiger partial charge in [-0.1, -0.05) is 0 Å². The molecule has 2 aromatic heterocycles. The van der Waals surface area contributed by atoms with Crippen LogP contribution in [0.2, 0.25) is 0 Å². The van der Waals surface area contributed by atoms with E-state index in [9.17, 15) is 18.0 Å². The number of halogens is 3. The summed E-state index contributed by atoms with van der Waals surface area (Å²) in [5.74, 6) is 0.128. The summed E-state index contributed by atoms with van der Waals surface area (Å²) in [7, 11) is 2.11. The first-order valence-electron chi connectivity index (χ1n) is 15.1. The van der Waals surface area contributed by atoms with Crippen LogP contribution in [0.15, 0.2) is 54.7 Å². The molecule has 3 aliphatic heterocycles. The second-order valence-corrected chi connectivity index (χ2v) is 11.9. The minimum absolute atomic E-state index is 0.128. The van der Waals surface area contributed by atoms with Gasteiger partial charge in [-0.2, -0.15) is 18.3 Å². The smallest absolute Gasteiger partial charge is 0.372 e. The number of amides is 2. The van der Waals surface area contributed by atoms with Crippen molar-refractivity contribution in [2.45, 2.75) is 37.3 Å². The summed E-state index contributed by atoms with van der Waals surface area (Å²) in [5, 5.41) is 12.5. The Morgan fingerprint density at radius 2 is 1.56 bits per heavy atom. The Balaban J connectivity index is 1.06. The van der Waals surface area contributed by atoms with Gasteiger partial charge < -0.3 is 25.2 Å². The van der Waals surface area contributed by atoms with Crippen LogP contribution in [0.4, 0.5) is 35.0 Å². The highest BCUT2D eigenvalue weighted by atomic mass is 19.4. The van der Waals surface area contributed by atoms with E-state index in [1.54, 1.807) is 24.3 Å². The van der Waals surface area contributed by atoms with E-state index in [0.29, 0.717) is 16.9 Å². The number of urea groups is 1. The van der Waals surface area contributed by atoms with Gasteiger partial charge in [-0.05, 0) is 68.4 Å². The number of nitrogens with zero attached hydrogens (tertiary/aromatic N) is 6. The van der Waals surface area contributed by atoms with Crippen LogP contribution in [-0.2, 0) is 4.74 Å². The molecule has 3 aliphatic rings. The lowest BCUT2D eigenvalue weighted by molar-refractivity contribution is -0.202. The van der Waals surface area contributed by atoms with E-state index in [-0.39, 0.29) is 47.8 Å². The SMILES string of the molecule is CN1CCN(c2ccc(NC(=O)Nc3ccc(-c4nc(C(N5CC6CCC(C5)O6)C(F)(F)F)c5cn[nH]c5n4)cc3)cc2)CC1. The molecule has 11 nitrogen and oxygen atoms in total. The van der Waals surface area contributed by atoms with Crippen molar-refractivity contribution in [3.63, 3.8) is 0 Å². The van der Waals surface area contributed by atoms with Crippen molar-refractivity contribution in [3.8, 4) is 11.4 Å². The number of carbonyl (C=O) groups excluding carboxylic acids is 1. The van der Waals surface area contributed by atoms with E-state index in [0.717, 1.165) is 44.7 Å². The van der Waals surface area contributed by atoms with Gasteiger partial charge in [0.2, 0.25) is 0 Å². The van der Waals surface area contributed by atoms with Gasteiger partial charge in [0.05, 0.1) is 29.5 Å². The molecule has 4 aromatic rings. The van der Waals surface area contributed by atoms with Gasteiger partial charge in [0.25, 0.3) is 0 Å². The van der Waals surface area contributed by atoms with Crippen LogP contribution in [0.5, 0.6) is 0 Å². The molecule has 3 atom stereocenters. The summed E-state index contributed by atoms with van der Waals surface area (Å²) < 4.78 is 49.8. The minimum Gasteiger partial charge on any atom is -0.372 e. The number of aromatic amines is 1. The Labute approximate surface area is 257 Å². The third-order valence-electron chi connectivity index (χ3n) is 8.74. The molecule has 0 radical (unpaired) electrons. The molecule has 5 heterocycles. The van der Waals surface area contributed by atoms with Crippen LogP contribution in [0, 0.1) is 0 Å². The molecule has 0 spiro atoms. The number of nitrogens with one attached hydrogen (secondary N) is 3. The molecule has 2 amide bonds. The summed E-state index contributed by atoms with van der Waals surface area (Å²) in [6, 6.07) is 12.0. The number of H-pyrrole nitrogens is 1. The van der Waals surface area contributed by atoms with Crippen molar-refractivity contribution in [1.29, 1.82) is 0 Å². The molecule has 3 fully saturated rings. The molecule has 2 aromatic carbocycles. The van der Waals surface area contributed by atoms with Crippen molar-refractivity contribution in [2.75, 3.05) is 61.8 Å². The second kappa shape index (κ2) is 11.9. The zero-order valence-corrected chi connectivity index (χ0v) is 24.7. The maximum atomic E-state index is 14.7. The molecule has 45 heavy (non-hydrogen) atoms. The van der Waals surface area contributed by atoms with Gasteiger partial charge in [-0.25, -0.2) is 14.8 Å². The van der Waals surface area contributed by atoms with Crippen LogP contribution in [0.25, 0.3) is 22.4 Å². The number of morpholine rings is 1. The number of alkyl halides is 3. The van der Waals surface area contributed by atoms with E-state index in [1.165, 1.54) is 11.1 Å². The average molecular weight is 622 g/mol. The van der Waals surface area contributed by atoms with Crippen molar-refractivity contribution in [1.82, 2.24) is 30.0 Å². The maximum Gasteiger partial charge on any atom is 0.409 e. The molecule has 3 saturated heterocycles. The maximum absolute atomic E-state index is 14.7. The topological polar surface area (TPSA) is 115 Å². The van der Waals surface area contributed by atoms with Gasteiger partial charge in [-0.15, -0.1) is 0 Å². The summed E-state index contributed by atoms with van der Waals surface area (Å²) in [4.78, 5) is 27.7. The number of rotatable bonds is 6. The van der Waals surface area contributed by atoms with Gasteiger partial charge >= 0.3 is 12.2 Å². The number of hydrogen-bond donors (Lipinski definition) is 3. The Kier molecular flexibility index (Phi) is 7.79. The molecular formula is C31H34F3N9O2. The van der Waals surface area contributed by atoms with E-state index >= 15 is 0 Å². The van der Waals surface area contributed by atoms with Gasteiger partial charge in [-0.3, -0.25) is 10.00 Å². The lowest BCUT2D eigenvalue weighted by Gasteiger charge is -2.38. The summed E-state index contributed by atoms with van der Waals surface area (Å²) >= 11 is 0. The lowest BCUT2D eigenvalue weighted by Crippen LogP contribution is -2.49. The number of likely N-dealkylation sites (N-methyl/N-ethyl adjacent to an activating group) is 1. The largest absolute Gasteiger partial charge is 0.409 e. The number of fused-ring (bicyclic) bond motifs is 3. The molecular weight excluding hydrogens is 587 g/mol. The molecule has 2 bridgehead atoms. The quantitative estimate of drug-likeness (QED) is 0.279. The number of hydrogen-bond acceptors (Lipinski definition) is 8. The monoisotopic (exact) mass is 621 g/mol. The summed E-state index contributed by atoms with van der Waals surface area (Å²) in [5.41, 5.74) is 2.86. The number of ether oxygens (including phenoxy) is 1. The first-order chi connectivity index (χ1) is 21.7. The Bertz CT molecular complexity index is 1640. The number of aromatic nitrogens is 4. The van der Waals surface area contributed by atoms with Crippen molar-refractivity contribution < 1.29 is 22.7 Å². The predicted molar refractivity (Wildman–Crippen MR) is 164 cm³/mol. The fraction of sp³-hybridized carbons (Fsp3) is 0.419. The zero-order valence-electron chi connectivity index (χ0n) is 24.7. The molecule has 3 unspecified atom stereocenters. The van der Waals surface area contributed by atoms with Gasteiger partial charge in [0, 0.05) is 61.9 Å². The van der Waals surface area contributed by atoms with Crippen LogP contribution in [0.3, 0.4) is 0 Å². The Morgan fingerprint density at radius 3 is 2.18 bits per heavy atom. The molecule has 7 rings (SSSR count). The zero-order chi connectivity index (χ0) is 31.1. The normalized spacial score (nSPS) is 21.6. The van der Waals surface area contributed by atoms with E-state index in [2.05, 4.69) is 47.6 Å². The number of anilines is 3.